The topological polar surface area (TPSA) is 53.4 Å². The van der Waals surface area contributed by atoms with E-state index >= 15 is 0 Å². The van der Waals surface area contributed by atoms with Gasteiger partial charge in [0.15, 0.2) is 0 Å². The Hall–Kier alpha value is -0.930. The van der Waals surface area contributed by atoms with Gasteiger partial charge in [0.1, 0.15) is 0 Å². The standard InChI is InChI=1S/C10H15NO2/c12-8-4-2-6-10(13)9-5-1-3-7-11-9/h1,3,5,7,10,12-13H,2,4,6,8H2/t10-/m0/s1. The van der Waals surface area contributed by atoms with Crippen LogP contribution in [0.15, 0.2) is 24.4 Å². The Kier molecular flexibility index (Phi) is 4.43. The van der Waals surface area contributed by atoms with Crippen LogP contribution in [0, 0.1) is 0 Å². The zero-order valence-corrected chi connectivity index (χ0v) is 7.56. The maximum atomic E-state index is 9.60. The molecule has 1 aromatic rings. The molecule has 1 rings (SSSR count). The normalized spacial score (nSPS) is 12.8. The zero-order chi connectivity index (χ0) is 9.52. The predicted molar refractivity (Wildman–Crippen MR) is 50.1 cm³/mol. The maximum Gasteiger partial charge on any atom is 0.0959 e. The zero-order valence-electron chi connectivity index (χ0n) is 7.56. The van der Waals surface area contributed by atoms with Gasteiger partial charge in [-0.15, -0.1) is 0 Å². The van der Waals surface area contributed by atoms with Gasteiger partial charge in [0.25, 0.3) is 0 Å². The first-order chi connectivity index (χ1) is 6.34. The second kappa shape index (κ2) is 5.67. The molecule has 0 spiro atoms. The van der Waals surface area contributed by atoms with Crippen LogP contribution in [0.3, 0.4) is 0 Å². The van der Waals surface area contributed by atoms with Crippen molar-refractivity contribution in [2.24, 2.45) is 0 Å². The average Bonchev–Trinajstić information content (AvgIpc) is 2.19. The van der Waals surface area contributed by atoms with E-state index in [1.165, 1.54) is 0 Å². The summed E-state index contributed by atoms with van der Waals surface area (Å²) >= 11 is 0. The molecule has 0 saturated carbocycles. The van der Waals surface area contributed by atoms with Gasteiger partial charge in [-0.3, -0.25) is 4.98 Å². The van der Waals surface area contributed by atoms with E-state index in [-0.39, 0.29) is 6.61 Å². The average molecular weight is 181 g/mol. The van der Waals surface area contributed by atoms with Crippen molar-refractivity contribution in [3.63, 3.8) is 0 Å². The lowest BCUT2D eigenvalue weighted by atomic mass is 10.1. The first kappa shape index (κ1) is 10.2. The molecule has 0 bridgehead atoms. The third-order valence-electron chi connectivity index (χ3n) is 1.91. The summed E-state index contributed by atoms with van der Waals surface area (Å²) in [7, 11) is 0. The van der Waals surface area contributed by atoms with Crippen molar-refractivity contribution in [1.82, 2.24) is 4.98 Å². The second-order valence-corrected chi connectivity index (χ2v) is 2.99. The number of rotatable bonds is 5. The minimum atomic E-state index is -0.493. The van der Waals surface area contributed by atoms with Gasteiger partial charge in [-0.05, 0) is 31.4 Å². The quantitative estimate of drug-likeness (QED) is 0.673. The van der Waals surface area contributed by atoms with Gasteiger partial charge in [0.05, 0.1) is 11.8 Å². The lowest BCUT2D eigenvalue weighted by molar-refractivity contribution is 0.155. The maximum absolute atomic E-state index is 9.60. The van der Waals surface area contributed by atoms with Crippen LogP contribution in [0.2, 0.25) is 0 Å². The Morgan fingerprint density at radius 1 is 1.31 bits per heavy atom. The van der Waals surface area contributed by atoms with Crippen molar-refractivity contribution in [3.05, 3.63) is 30.1 Å². The molecule has 0 saturated heterocycles. The van der Waals surface area contributed by atoms with Crippen molar-refractivity contribution in [2.45, 2.75) is 25.4 Å². The minimum absolute atomic E-state index is 0.189. The van der Waals surface area contributed by atoms with E-state index in [1.807, 2.05) is 18.2 Å². The molecule has 1 atom stereocenters. The van der Waals surface area contributed by atoms with E-state index < -0.39 is 6.10 Å². The highest BCUT2D eigenvalue weighted by Crippen LogP contribution is 2.15. The smallest absolute Gasteiger partial charge is 0.0959 e. The molecule has 0 aliphatic carbocycles. The Balaban J connectivity index is 2.35. The fraction of sp³-hybridized carbons (Fsp3) is 0.500. The molecule has 0 radical (unpaired) electrons. The van der Waals surface area contributed by atoms with E-state index in [9.17, 15) is 5.11 Å². The highest BCUT2D eigenvalue weighted by atomic mass is 16.3. The number of aliphatic hydroxyl groups excluding tert-OH is 2. The molecule has 0 aliphatic heterocycles. The molecule has 3 nitrogen and oxygen atoms in total. The predicted octanol–water partition coefficient (Wildman–Crippen LogP) is 1.28. The largest absolute Gasteiger partial charge is 0.396 e. The first-order valence-corrected chi connectivity index (χ1v) is 4.54. The summed E-state index contributed by atoms with van der Waals surface area (Å²) in [5.41, 5.74) is 0.709. The summed E-state index contributed by atoms with van der Waals surface area (Å²) in [5, 5.41) is 18.2. The molecule has 0 unspecified atom stereocenters. The van der Waals surface area contributed by atoms with E-state index in [0.717, 1.165) is 12.8 Å². The number of nitrogens with zero attached hydrogens (tertiary/aromatic N) is 1. The third kappa shape index (κ3) is 3.53. The molecule has 13 heavy (non-hydrogen) atoms. The van der Waals surface area contributed by atoms with Crippen molar-refractivity contribution in [2.75, 3.05) is 6.61 Å². The number of aromatic nitrogens is 1. The minimum Gasteiger partial charge on any atom is -0.396 e. The van der Waals surface area contributed by atoms with Crippen molar-refractivity contribution < 1.29 is 10.2 Å². The Labute approximate surface area is 78.1 Å². The van der Waals surface area contributed by atoms with Crippen LogP contribution in [0.1, 0.15) is 31.1 Å². The summed E-state index contributed by atoms with van der Waals surface area (Å²) in [6.07, 6.45) is 3.41. The molecule has 72 valence electrons. The Morgan fingerprint density at radius 3 is 2.77 bits per heavy atom. The number of aliphatic hydroxyl groups is 2. The molecule has 2 N–H and O–H groups in total. The first-order valence-electron chi connectivity index (χ1n) is 4.54. The van der Waals surface area contributed by atoms with Crippen LogP contribution >= 0.6 is 0 Å². The molecule has 1 heterocycles. The molecule has 0 aliphatic rings. The summed E-state index contributed by atoms with van der Waals surface area (Å²) in [6.45, 7) is 0.189. The van der Waals surface area contributed by atoms with Crippen LogP contribution < -0.4 is 0 Å². The van der Waals surface area contributed by atoms with Crippen molar-refractivity contribution in [3.8, 4) is 0 Å². The van der Waals surface area contributed by atoms with Gasteiger partial charge < -0.3 is 10.2 Å². The number of hydrogen-bond donors (Lipinski definition) is 2. The van der Waals surface area contributed by atoms with Crippen molar-refractivity contribution >= 4 is 0 Å². The van der Waals surface area contributed by atoms with Crippen LogP contribution in [0.4, 0.5) is 0 Å². The summed E-state index contributed by atoms with van der Waals surface area (Å²) in [6, 6.07) is 5.49. The third-order valence-corrected chi connectivity index (χ3v) is 1.91. The molecule has 0 aromatic carbocycles. The van der Waals surface area contributed by atoms with E-state index in [1.54, 1.807) is 6.20 Å². The lowest BCUT2D eigenvalue weighted by Crippen LogP contribution is -2.00. The molecule has 1 aromatic heterocycles. The summed E-state index contributed by atoms with van der Waals surface area (Å²) < 4.78 is 0. The molecule has 0 amide bonds. The fourth-order valence-corrected chi connectivity index (χ4v) is 1.17. The van der Waals surface area contributed by atoms with Gasteiger partial charge in [-0.1, -0.05) is 6.07 Å². The Bertz CT molecular complexity index is 226. The van der Waals surface area contributed by atoms with E-state index in [0.29, 0.717) is 12.1 Å². The second-order valence-electron chi connectivity index (χ2n) is 2.99. The van der Waals surface area contributed by atoms with Crippen LogP contribution in [-0.2, 0) is 0 Å². The van der Waals surface area contributed by atoms with Gasteiger partial charge in [-0.25, -0.2) is 0 Å². The lowest BCUT2D eigenvalue weighted by Gasteiger charge is -2.08. The van der Waals surface area contributed by atoms with Gasteiger partial charge in [0.2, 0.25) is 0 Å². The highest BCUT2D eigenvalue weighted by Gasteiger charge is 2.06. The molecule has 0 fully saturated rings. The van der Waals surface area contributed by atoms with E-state index in [2.05, 4.69) is 4.98 Å². The van der Waals surface area contributed by atoms with Crippen LogP contribution in [0.5, 0.6) is 0 Å². The van der Waals surface area contributed by atoms with Crippen molar-refractivity contribution in [1.29, 1.82) is 0 Å². The van der Waals surface area contributed by atoms with Gasteiger partial charge in [0, 0.05) is 12.8 Å². The highest BCUT2D eigenvalue weighted by molar-refractivity contribution is 5.06. The van der Waals surface area contributed by atoms with Gasteiger partial charge >= 0.3 is 0 Å². The number of pyridine rings is 1. The SMILES string of the molecule is OCCCC[C@H](O)c1ccccn1. The molecule has 3 heteroatoms. The molecular weight excluding hydrogens is 166 g/mol. The fourth-order valence-electron chi connectivity index (χ4n) is 1.17. The van der Waals surface area contributed by atoms with Crippen LogP contribution in [-0.4, -0.2) is 21.8 Å². The van der Waals surface area contributed by atoms with Crippen LogP contribution in [0.25, 0.3) is 0 Å². The Morgan fingerprint density at radius 2 is 2.15 bits per heavy atom. The summed E-state index contributed by atoms with van der Waals surface area (Å²) in [4.78, 5) is 4.04. The van der Waals surface area contributed by atoms with E-state index in [4.69, 9.17) is 5.11 Å². The number of hydrogen-bond acceptors (Lipinski definition) is 3. The summed E-state index contributed by atoms with van der Waals surface area (Å²) in [5.74, 6) is 0. The number of unbranched alkanes of at least 4 members (excludes halogenated alkanes) is 1. The monoisotopic (exact) mass is 181 g/mol. The molecular formula is C10H15NO2. The van der Waals surface area contributed by atoms with Gasteiger partial charge in [-0.2, -0.15) is 0 Å².